The summed E-state index contributed by atoms with van der Waals surface area (Å²) in [6.45, 7) is 7.09. The highest BCUT2D eigenvalue weighted by Gasteiger charge is 2.59. The van der Waals surface area contributed by atoms with Gasteiger partial charge in [-0.25, -0.2) is 0 Å². The van der Waals surface area contributed by atoms with Crippen molar-refractivity contribution in [3.8, 4) is 0 Å². The van der Waals surface area contributed by atoms with Gasteiger partial charge in [0.2, 0.25) is 0 Å². The molecule has 136 valence electrons. The third kappa shape index (κ3) is 2.28. The molecule has 1 N–H and O–H groups in total. The topological polar surface area (TPSA) is 29.5 Å². The molecule has 4 rings (SSSR count). The van der Waals surface area contributed by atoms with Crippen molar-refractivity contribution in [2.75, 3.05) is 7.11 Å². The van der Waals surface area contributed by atoms with Crippen molar-refractivity contribution in [2.45, 2.75) is 84.3 Å². The van der Waals surface area contributed by atoms with E-state index in [1.165, 1.54) is 44.9 Å². The minimum atomic E-state index is -0.140. The van der Waals surface area contributed by atoms with Gasteiger partial charge < -0.3 is 9.84 Å². The Morgan fingerprint density at radius 3 is 2.62 bits per heavy atom. The summed E-state index contributed by atoms with van der Waals surface area (Å²) in [6.07, 6.45) is 13.2. The van der Waals surface area contributed by atoms with Crippen molar-refractivity contribution < 1.29 is 9.84 Å². The monoisotopic (exact) mass is 332 g/mol. The van der Waals surface area contributed by atoms with E-state index >= 15 is 0 Å². The predicted molar refractivity (Wildman–Crippen MR) is 97.7 cm³/mol. The number of hydrogen-bond acceptors (Lipinski definition) is 2. The number of ether oxygens (including phenoxy) is 1. The Hall–Kier alpha value is -0.340. The molecule has 0 spiro atoms. The highest BCUT2D eigenvalue weighted by Crippen LogP contribution is 2.66. The predicted octanol–water partition coefficient (Wildman–Crippen LogP) is 4.96. The Balaban J connectivity index is 1.62. The largest absolute Gasteiger partial charge is 0.393 e. The molecule has 0 aromatic heterocycles. The van der Waals surface area contributed by atoms with E-state index in [2.05, 4.69) is 19.9 Å². The average molecular weight is 333 g/mol. The van der Waals surface area contributed by atoms with Crippen LogP contribution in [0.1, 0.15) is 72.1 Å². The first kappa shape index (κ1) is 17.1. The maximum atomic E-state index is 10.3. The van der Waals surface area contributed by atoms with Gasteiger partial charge in [-0.2, -0.15) is 0 Å². The number of allylic oxidation sites excluding steroid dienone is 1. The van der Waals surface area contributed by atoms with Crippen molar-refractivity contribution in [3.63, 3.8) is 0 Å². The van der Waals surface area contributed by atoms with Crippen molar-refractivity contribution in [3.05, 3.63) is 11.6 Å². The summed E-state index contributed by atoms with van der Waals surface area (Å²) >= 11 is 0. The van der Waals surface area contributed by atoms with Gasteiger partial charge in [0.05, 0.1) is 12.2 Å². The second-order valence-corrected chi connectivity index (χ2v) is 9.83. The Labute approximate surface area is 148 Å². The maximum absolute atomic E-state index is 10.3. The Morgan fingerprint density at radius 1 is 1.12 bits per heavy atom. The van der Waals surface area contributed by atoms with Crippen LogP contribution in [0.15, 0.2) is 11.6 Å². The molecule has 8 atom stereocenters. The van der Waals surface area contributed by atoms with Crippen molar-refractivity contribution >= 4 is 0 Å². The second kappa shape index (κ2) is 5.84. The molecule has 0 aliphatic heterocycles. The molecule has 0 heterocycles. The van der Waals surface area contributed by atoms with Gasteiger partial charge in [-0.15, -0.1) is 0 Å². The van der Waals surface area contributed by atoms with E-state index in [9.17, 15) is 5.11 Å². The van der Waals surface area contributed by atoms with Gasteiger partial charge in [0.25, 0.3) is 0 Å². The van der Waals surface area contributed by atoms with Gasteiger partial charge in [0, 0.05) is 7.11 Å². The summed E-state index contributed by atoms with van der Waals surface area (Å²) in [5.41, 5.74) is 2.50. The SMILES string of the molecule is COC1CC[C@@]2(C)C(=CC[C@H]3[C@@H]4CC[C@H](C(C)O)[C@@]4(C)CC[C@@H]32)C1. The van der Waals surface area contributed by atoms with Gasteiger partial charge >= 0.3 is 0 Å². The van der Waals surface area contributed by atoms with Gasteiger partial charge in [-0.05, 0) is 92.8 Å². The molecule has 0 saturated heterocycles. The lowest BCUT2D eigenvalue weighted by Gasteiger charge is -2.58. The average Bonchev–Trinajstić information content (AvgIpc) is 2.91. The fraction of sp³-hybridized carbons (Fsp3) is 0.909. The molecule has 0 aromatic rings. The molecule has 0 aromatic carbocycles. The van der Waals surface area contributed by atoms with E-state index < -0.39 is 0 Å². The lowest BCUT2D eigenvalue weighted by Crippen LogP contribution is -2.51. The molecule has 24 heavy (non-hydrogen) atoms. The lowest BCUT2D eigenvalue weighted by atomic mass is 9.47. The molecule has 0 bridgehead atoms. The molecular weight excluding hydrogens is 296 g/mol. The Bertz CT molecular complexity index is 524. The first-order chi connectivity index (χ1) is 11.4. The highest BCUT2D eigenvalue weighted by atomic mass is 16.5. The van der Waals surface area contributed by atoms with Gasteiger partial charge in [-0.3, -0.25) is 0 Å². The second-order valence-electron chi connectivity index (χ2n) is 9.83. The number of aliphatic hydroxyl groups excluding tert-OH is 1. The summed E-state index contributed by atoms with van der Waals surface area (Å²) in [5, 5.41) is 10.3. The zero-order valence-electron chi connectivity index (χ0n) is 16.1. The van der Waals surface area contributed by atoms with E-state index in [1.807, 2.05) is 14.0 Å². The molecule has 4 aliphatic carbocycles. The highest BCUT2D eigenvalue weighted by molar-refractivity contribution is 5.25. The van der Waals surface area contributed by atoms with Gasteiger partial charge in [0.1, 0.15) is 0 Å². The fourth-order valence-corrected chi connectivity index (χ4v) is 7.66. The first-order valence-electron chi connectivity index (χ1n) is 10.3. The minimum Gasteiger partial charge on any atom is -0.393 e. The Kier molecular flexibility index (Phi) is 4.16. The van der Waals surface area contributed by atoms with Crippen LogP contribution in [0.25, 0.3) is 0 Å². The molecule has 4 aliphatic rings. The standard InChI is InChI=1S/C22H36O2/c1-14(23)18-7-8-19-17-6-5-15-13-16(24-4)9-11-21(15,2)20(17)10-12-22(18,19)3/h5,14,16-20,23H,6-13H2,1-4H3/t14?,16?,17-,18+,19-,20-,21-,22+/m0/s1. The van der Waals surface area contributed by atoms with Crippen molar-refractivity contribution in [1.82, 2.24) is 0 Å². The molecule has 2 unspecified atom stereocenters. The molecule has 2 nitrogen and oxygen atoms in total. The third-order valence-electron chi connectivity index (χ3n) is 9.05. The lowest BCUT2D eigenvalue weighted by molar-refractivity contribution is -0.0696. The van der Waals surface area contributed by atoms with E-state index in [0.717, 1.165) is 24.2 Å². The first-order valence-corrected chi connectivity index (χ1v) is 10.3. The molecular formula is C22H36O2. The van der Waals surface area contributed by atoms with Crippen LogP contribution in [-0.2, 0) is 4.74 Å². The van der Waals surface area contributed by atoms with E-state index in [0.29, 0.717) is 22.9 Å². The zero-order valence-corrected chi connectivity index (χ0v) is 16.1. The summed E-state index contributed by atoms with van der Waals surface area (Å²) in [5.74, 6) is 3.05. The number of rotatable bonds is 2. The minimum absolute atomic E-state index is 0.140. The molecule has 2 heteroatoms. The van der Waals surface area contributed by atoms with Crippen LogP contribution in [0.5, 0.6) is 0 Å². The van der Waals surface area contributed by atoms with Crippen LogP contribution in [0.2, 0.25) is 0 Å². The maximum Gasteiger partial charge on any atom is 0.0608 e. The zero-order chi connectivity index (χ0) is 17.1. The normalized spacial score (nSPS) is 52.0. The number of hydrogen-bond donors (Lipinski definition) is 1. The van der Waals surface area contributed by atoms with Crippen LogP contribution in [0.4, 0.5) is 0 Å². The Morgan fingerprint density at radius 2 is 1.92 bits per heavy atom. The van der Waals surface area contributed by atoms with Crippen LogP contribution in [0, 0.1) is 34.5 Å². The molecule has 3 saturated carbocycles. The van der Waals surface area contributed by atoms with Crippen molar-refractivity contribution in [1.29, 1.82) is 0 Å². The van der Waals surface area contributed by atoms with Crippen LogP contribution in [0.3, 0.4) is 0 Å². The fourth-order valence-electron chi connectivity index (χ4n) is 7.66. The van der Waals surface area contributed by atoms with Crippen LogP contribution >= 0.6 is 0 Å². The van der Waals surface area contributed by atoms with Gasteiger partial charge in [-0.1, -0.05) is 25.5 Å². The van der Waals surface area contributed by atoms with Crippen LogP contribution < -0.4 is 0 Å². The van der Waals surface area contributed by atoms with Crippen molar-refractivity contribution in [2.24, 2.45) is 34.5 Å². The number of methoxy groups -OCH3 is 1. The quantitative estimate of drug-likeness (QED) is 0.724. The smallest absolute Gasteiger partial charge is 0.0608 e. The van der Waals surface area contributed by atoms with Crippen LogP contribution in [-0.4, -0.2) is 24.4 Å². The van der Waals surface area contributed by atoms with E-state index in [-0.39, 0.29) is 6.10 Å². The molecule has 0 radical (unpaired) electrons. The van der Waals surface area contributed by atoms with Gasteiger partial charge in [0.15, 0.2) is 0 Å². The summed E-state index contributed by atoms with van der Waals surface area (Å²) < 4.78 is 5.68. The summed E-state index contributed by atoms with van der Waals surface area (Å²) in [4.78, 5) is 0. The number of fused-ring (bicyclic) bond motifs is 5. The summed E-state index contributed by atoms with van der Waals surface area (Å²) in [7, 11) is 1.88. The summed E-state index contributed by atoms with van der Waals surface area (Å²) in [6, 6.07) is 0. The molecule has 3 fully saturated rings. The van der Waals surface area contributed by atoms with E-state index in [4.69, 9.17) is 4.74 Å². The molecule has 0 amide bonds. The van der Waals surface area contributed by atoms with E-state index in [1.54, 1.807) is 5.57 Å². The third-order valence-corrected chi connectivity index (χ3v) is 9.05. The number of aliphatic hydroxyl groups is 1.